The van der Waals surface area contributed by atoms with Gasteiger partial charge in [-0.25, -0.2) is 13.6 Å². The zero-order valence-corrected chi connectivity index (χ0v) is 13.4. The lowest BCUT2D eigenvalue weighted by Gasteiger charge is -2.28. The first-order chi connectivity index (χ1) is 10.5. The molecule has 1 heterocycles. The van der Waals surface area contributed by atoms with Crippen molar-refractivity contribution in [2.24, 2.45) is 0 Å². The maximum atomic E-state index is 14.6. The number of alkyl halides is 1. The van der Waals surface area contributed by atoms with Gasteiger partial charge in [0.1, 0.15) is 18.2 Å². The molecular weight excluding hydrogens is 328 g/mol. The van der Waals surface area contributed by atoms with Crippen molar-refractivity contribution in [3.8, 4) is 5.75 Å². The van der Waals surface area contributed by atoms with Crippen molar-refractivity contribution in [1.82, 2.24) is 0 Å². The minimum absolute atomic E-state index is 0. The number of carbonyl (C=O) groups is 1. The van der Waals surface area contributed by atoms with Gasteiger partial charge in [-0.15, -0.1) is 0 Å². The van der Waals surface area contributed by atoms with Gasteiger partial charge in [-0.05, 0) is 30.4 Å². The van der Waals surface area contributed by atoms with Crippen molar-refractivity contribution in [3.05, 3.63) is 29.1 Å². The summed E-state index contributed by atoms with van der Waals surface area (Å²) in [7, 11) is 0. The van der Waals surface area contributed by atoms with Crippen LogP contribution in [0.5, 0.6) is 5.75 Å². The molecular formula is C16H20ClF2NO3. The number of aromatic carboxylic acids is 1. The quantitative estimate of drug-likeness (QED) is 0.707. The number of quaternary nitrogens is 1. The van der Waals surface area contributed by atoms with Gasteiger partial charge in [0.25, 0.3) is 0 Å². The van der Waals surface area contributed by atoms with Crippen molar-refractivity contribution in [2.75, 3.05) is 19.7 Å². The Morgan fingerprint density at radius 3 is 2.57 bits per heavy atom. The second kappa shape index (κ2) is 7.01. The van der Waals surface area contributed by atoms with Gasteiger partial charge >= 0.3 is 5.97 Å². The third-order valence-corrected chi connectivity index (χ3v) is 4.43. The highest BCUT2D eigenvalue weighted by Crippen LogP contribution is 2.45. The van der Waals surface area contributed by atoms with Crippen LogP contribution in [0, 0.1) is 5.82 Å². The largest absolute Gasteiger partial charge is 1.00 e. The monoisotopic (exact) mass is 347 g/mol. The van der Waals surface area contributed by atoms with Crippen LogP contribution < -0.4 is 22.5 Å². The van der Waals surface area contributed by atoms with E-state index in [1.165, 1.54) is 6.07 Å². The molecule has 1 aliphatic heterocycles. The minimum Gasteiger partial charge on any atom is -1.00 e. The Morgan fingerprint density at radius 2 is 2.00 bits per heavy atom. The standard InChI is InChI=1S/C16H19F2NO3.ClH/c17-13-8-14(22-9-16(18)3-5-19-6-4-16)11(10-1-2-10)7-12(13)15(20)21;/h7-8,10,19H,1-6,9H2,(H,20,21);1H. The van der Waals surface area contributed by atoms with Crippen LogP contribution in [-0.2, 0) is 0 Å². The molecule has 0 unspecified atom stereocenters. The molecule has 0 atom stereocenters. The second-order valence-electron chi connectivity index (χ2n) is 6.25. The number of halogens is 3. The molecule has 3 N–H and O–H groups in total. The normalized spacial score (nSPS) is 19.7. The molecule has 1 aromatic rings. The van der Waals surface area contributed by atoms with Gasteiger partial charge in [0, 0.05) is 18.9 Å². The lowest BCUT2D eigenvalue weighted by Crippen LogP contribution is -3.00. The van der Waals surface area contributed by atoms with Gasteiger partial charge in [0.15, 0.2) is 5.67 Å². The van der Waals surface area contributed by atoms with E-state index in [1.807, 2.05) is 0 Å². The fraction of sp³-hybridized carbons (Fsp3) is 0.562. The van der Waals surface area contributed by atoms with Crippen molar-refractivity contribution < 1.29 is 41.1 Å². The van der Waals surface area contributed by atoms with E-state index in [4.69, 9.17) is 9.84 Å². The summed E-state index contributed by atoms with van der Waals surface area (Å²) in [5, 5.41) is 11.1. The molecule has 1 aliphatic carbocycles. The molecule has 0 aromatic heterocycles. The number of piperidine rings is 1. The van der Waals surface area contributed by atoms with Crippen molar-refractivity contribution in [1.29, 1.82) is 0 Å². The highest BCUT2D eigenvalue weighted by atomic mass is 35.5. The van der Waals surface area contributed by atoms with E-state index in [9.17, 15) is 13.6 Å². The number of benzene rings is 1. The maximum Gasteiger partial charge on any atom is 0.338 e. The Balaban J connectivity index is 0.00000192. The zero-order chi connectivity index (χ0) is 15.7. The third kappa shape index (κ3) is 4.12. The van der Waals surface area contributed by atoms with E-state index in [1.54, 1.807) is 0 Å². The van der Waals surface area contributed by atoms with Crippen LogP contribution in [0.25, 0.3) is 0 Å². The van der Waals surface area contributed by atoms with Crippen LogP contribution in [0.1, 0.15) is 47.5 Å². The first kappa shape index (κ1) is 17.9. The molecule has 2 aliphatic rings. The van der Waals surface area contributed by atoms with E-state index in [-0.39, 0.29) is 36.2 Å². The molecule has 4 nitrogen and oxygen atoms in total. The number of hydrogen-bond acceptors (Lipinski definition) is 2. The highest BCUT2D eigenvalue weighted by molar-refractivity contribution is 5.88. The van der Waals surface area contributed by atoms with Crippen LogP contribution in [0.2, 0.25) is 0 Å². The molecule has 7 heteroatoms. The Hall–Kier alpha value is -1.40. The van der Waals surface area contributed by atoms with Crippen molar-refractivity contribution in [3.63, 3.8) is 0 Å². The number of hydrogen-bond donors (Lipinski definition) is 2. The van der Waals surface area contributed by atoms with Gasteiger partial charge in [-0.2, -0.15) is 0 Å². The fourth-order valence-electron chi connectivity index (χ4n) is 2.92. The van der Waals surface area contributed by atoms with Crippen LogP contribution in [0.3, 0.4) is 0 Å². The Morgan fingerprint density at radius 1 is 1.35 bits per heavy atom. The molecule has 0 radical (unpaired) electrons. The Labute approximate surface area is 139 Å². The van der Waals surface area contributed by atoms with Crippen LogP contribution in [0.15, 0.2) is 12.1 Å². The van der Waals surface area contributed by atoms with E-state index in [0.29, 0.717) is 18.4 Å². The number of nitrogens with two attached hydrogens (primary N) is 1. The Bertz CT molecular complexity index is 587. The zero-order valence-electron chi connectivity index (χ0n) is 12.7. The molecule has 3 rings (SSSR count). The molecule has 0 spiro atoms. The number of carboxylic acid groups (broad SMARTS) is 1. The predicted octanol–water partition coefficient (Wildman–Crippen LogP) is -1.15. The first-order valence-electron chi connectivity index (χ1n) is 7.69. The summed E-state index contributed by atoms with van der Waals surface area (Å²) in [5.41, 5.74) is -1.04. The number of carboxylic acids is 1. The molecule has 1 saturated heterocycles. The second-order valence-corrected chi connectivity index (χ2v) is 6.25. The summed E-state index contributed by atoms with van der Waals surface area (Å²) in [6.45, 7) is 1.34. The van der Waals surface area contributed by atoms with Gasteiger partial charge in [0.05, 0.1) is 18.7 Å². The van der Waals surface area contributed by atoms with Crippen molar-refractivity contribution in [2.45, 2.75) is 37.3 Å². The summed E-state index contributed by atoms with van der Waals surface area (Å²) in [6, 6.07) is 2.43. The predicted molar refractivity (Wildman–Crippen MR) is 75.6 cm³/mol. The lowest BCUT2D eigenvalue weighted by molar-refractivity contribution is -0.667. The topological polar surface area (TPSA) is 63.1 Å². The highest BCUT2D eigenvalue weighted by Gasteiger charge is 2.36. The summed E-state index contributed by atoms with van der Waals surface area (Å²) in [4.78, 5) is 11.0. The van der Waals surface area contributed by atoms with Gasteiger partial charge in [0.2, 0.25) is 0 Å². The number of rotatable bonds is 5. The average molecular weight is 348 g/mol. The lowest BCUT2D eigenvalue weighted by atomic mass is 9.95. The summed E-state index contributed by atoms with van der Waals surface area (Å²) < 4.78 is 34.0. The minimum atomic E-state index is -1.38. The summed E-state index contributed by atoms with van der Waals surface area (Å²) >= 11 is 0. The smallest absolute Gasteiger partial charge is 0.338 e. The molecule has 0 bridgehead atoms. The van der Waals surface area contributed by atoms with E-state index < -0.39 is 17.5 Å². The average Bonchev–Trinajstić information content (AvgIpc) is 3.30. The van der Waals surface area contributed by atoms with E-state index in [0.717, 1.165) is 32.0 Å². The molecule has 128 valence electrons. The SMILES string of the molecule is O=C(O)c1cc(C2CC2)c(OCC2(F)CC[NH2+]CC2)cc1F.[Cl-]. The maximum absolute atomic E-state index is 14.6. The molecule has 23 heavy (non-hydrogen) atoms. The fourth-order valence-corrected chi connectivity index (χ4v) is 2.92. The molecule has 1 saturated carbocycles. The summed E-state index contributed by atoms with van der Waals surface area (Å²) in [5.74, 6) is -1.65. The van der Waals surface area contributed by atoms with Gasteiger partial charge < -0.3 is 27.6 Å². The van der Waals surface area contributed by atoms with Gasteiger partial charge in [-0.1, -0.05) is 0 Å². The van der Waals surface area contributed by atoms with E-state index in [2.05, 4.69) is 5.32 Å². The van der Waals surface area contributed by atoms with Crippen molar-refractivity contribution >= 4 is 5.97 Å². The summed E-state index contributed by atoms with van der Waals surface area (Å²) in [6.07, 6.45) is 2.69. The van der Waals surface area contributed by atoms with Crippen LogP contribution >= 0.6 is 0 Å². The first-order valence-corrected chi connectivity index (χ1v) is 7.69. The Kier molecular flexibility index (Phi) is 5.47. The molecule has 2 fully saturated rings. The number of ether oxygens (including phenoxy) is 1. The van der Waals surface area contributed by atoms with Crippen LogP contribution in [-0.4, -0.2) is 36.4 Å². The van der Waals surface area contributed by atoms with E-state index >= 15 is 0 Å². The van der Waals surface area contributed by atoms with Crippen LogP contribution in [0.4, 0.5) is 8.78 Å². The third-order valence-electron chi connectivity index (χ3n) is 4.43. The molecule has 0 amide bonds. The van der Waals surface area contributed by atoms with Gasteiger partial charge in [-0.3, -0.25) is 0 Å². The molecule has 1 aromatic carbocycles.